The first-order chi connectivity index (χ1) is 9.11. The normalized spacial score (nSPS) is 14.3. The third-order valence-electron chi connectivity index (χ3n) is 3.05. The molecule has 1 aromatic carbocycles. The SMILES string of the molecule is C=CC(=O)Nc1ccc(C(=O)N2CCCC2)cc1Cl. The fraction of sp³-hybridized carbons (Fsp3) is 0.286. The third kappa shape index (κ3) is 3.15. The summed E-state index contributed by atoms with van der Waals surface area (Å²) in [7, 11) is 0. The van der Waals surface area contributed by atoms with Crippen LogP contribution in [0, 0.1) is 0 Å². The highest BCUT2D eigenvalue weighted by Gasteiger charge is 2.20. The van der Waals surface area contributed by atoms with Crippen LogP contribution in [0.5, 0.6) is 0 Å². The van der Waals surface area contributed by atoms with E-state index >= 15 is 0 Å². The fourth-order valence-electron chi connectivity index (χ4n) is 2.04. The minimum Gasteiger partial charge on any atom is -0.339 e. The van der Waals surface area contributed by atoms with Gasteiger partial charge in [-0.1, -0.05) is 18.2 Å². The van der Waals surface area contributed by atoms with Gasteiger partial charge in [0.15, 0.2) is 0 Å². The molecule has 1 aliphatic rings. The maximum absolute atomic E-state index is 12.2. The number of likely N-dealkylation sites (tertiary alicyclic amines) is 1. The van der Waals surface area contributed by atoms with Crippen LogP contribution in [-0.4, -0.2) is 29.8 Å². The molecule has 0 spiro atoms. The summed E-state index contributed by atoms with van der Waals surface area (Å²) in [5.41, 5.74) is 1.02. The zero-order valence-electron chi connectivity index (χ0n) is 10.5. The molecular weight excluding hydrogens is 264 g/mol. The zero-order chi connectivity index (χ0) is 13.8. The Hall–Kier alpha value is -1.81. The van der Waals surface area contributed by atoms with Crippen LogP contribution in [0.2, 0.25) is 5.02 Å². The molecule has 19 heavy (non-hydrogen) atoms. The summed E-state index contributed by atoms with van der Waals surface area (Å²) in [6.07, 6.45) is 3.26. The Morgan fingerprint density at radius 2 is 2.00 bits per heavy atom. The van der Waals surface area contributed by atoms with Crippen molar-refractivity contribution in [1.82, 2.24) is 4.90 Å². The third-order valence-corrected chi connectivity index (χ3v) is 3.37. The van der Waals surface area contributed by atoms with E-state index in [1.807, 2.05) is 4.90 Å². The maximum atomic E-state index is 12.2. The lowest BCUT2D eigenvalue weighted by Gasteiger charge is -2.16. The van der Waals surface area contributed by atoms with Gasteiger partial charge in [0.05, 0.1) is 10.7 Å². The van der Waals surface area contributed by atoms with Crippen molar-refractivity contribution in [2.75, 3.05) is 18.4 Å². The molecule has 0 radical (unpaired) electrons. The molecule has 1 aliphatic heterocycles. The highest BCUT2D eigenvalue weighted by molar-refractivity contribution is 6.34. The molecular formula is C14H15ClN2O2. The summed E-state index contributed by atoms with van der Waals surface area (Å²) in [6, 6.07) is 4.89. The van der Waals surface area contributed by atoms with Crippen molar-refractivity contribution in [1.29, 1.82) is 0 Å². The van der Waals surface area contributed by atoms with Crippen molar-refractivity contribution in [2.24, 2.45) is 0 Å². The lowest BCUT2D eigenvalue weighted by atomic mass is 10.2. The van der Waals surface area contributed by atoms with Gasteiger partial charge >= 0.3 is 0 Å². The molecule has 0 aliphatic carbocycles. The number of amides is 2. The van der Waals surface area contributed by atoms with Crippen LogP contribution in [0.1, 0.15) is 23.2 Å². The predicted octanol–water partition coefficient (Wildman–Crippen LogP) is 2.70. The molecule has 1 fully saturated rings. The first-order valence-corrected chi connectivity index (χ1v) is 6.52. The van der Waals surface area contributed by atoms with E-state index in [9.17, 15) is 9.59 Å². The number of anilines is 1. The molecule has 0 saturated carbocycles. The lowest BCUT2D eigenvalue weighted by molar-refractivity contribution is -0.111. The van der Waals surface area contributed by atoms with Gasteiger partial charge in [-0.25, -0.2) is 0 Å². The van der Waals surface area contributed by atoms with Gasteiger partial charge in [-0.2, -0.15) is 0 Å². The van der Waals surface area contributed by atoms with Crippen LogP contribution >= 0.6 is 11.6 Å². The largest absolute Gasteiger partial charge is 0.339 e. The molecule has 0 unspecified atom stereocenters. The van der Waals surface area contributed by atoms with Gasteiger partial charge in [-0.3, -0.25) is 9.59 Å². The molecule has 0 atom stereocenters. The van der Waals surface area contributed by atoms with E-state index in [1.165, 1.54) is 6.08 Å². The molecule has 1 saturated heterocycles. The summed E-state index contributed by atoms with van der Waals surface area (Å²) in [4.78, 5) is 25.2. The zero-order valence-corrected chi connectivity index (χ0v) is 11.2. The quantitative estimate of drug-likeness (QED) is 0.864. The van der Waals surface area contributed by atoms with Gasteiger partial charge in [0.1, 0.15) is 0 Å². The van der Waals surface area contributed by atoms with Gasteiger partial charge in [-0.05, 0) is 37.1 Å². The van der Waals surface area contributed by atoms with E-state index in [4.69, 9.17) is 11.6 Å². The van der Waals surface area contributed by atoms with E-state index < -0.39 is 0 Å². The molecule has 5 heteroatoms. The molecule has 0 bridgehead atoms. The van der Waals surface area contributed by atoms with Crippen molar-refractivity contribution >= 4 is 29.1 Å². The van der Waals surface area contributed by atoms with E-state index in [2.05, 4.69) is 11.9 Å². The first-order valence-electron chi connectivity index (χ1n) is 6.14. The number of carbonyl (C=O) groups is 2. The van der Waals surface area contributed by atoms with Gasteiger partial charge in [0.25, 0.3) is 5.91 Å². The van der Waals surface area contributed by atoms with Crippen molar-refractivity contribution < 1.29 is 9.59 Å². The van der Waals surface area contributed by atoms with Crippen LogP contribution in [0.4, 0.5) is 5.69 Å². The van der Waals surface area contributed by atoms with Gasteiger partial charge in [-0.15, -0.1) is 0 Å². The molecule has 0 aromatic heterocycles. The van der Waals surface area contributed by atoms with Crippen LogP contribution in [0.15, 0.2) is 30.9 Å². The number of halogens is 1. The van der Waals surface area contributed by atoms with Crippen LogP contribution in [-0.2, 0) is 4.79 Å². The van der Waals surface area contributed by atoms with Crippen LogP contribution in [0.3, 0.4) is 0 Å². The van der Waals surface area contributed by atoms with Gasteiger partial charge < -0.3 is 10.2 Å². The van der Waals surface area contributed by atoms with Gasteiger partial charge in [0, 0.05) is 18.7 Å². The Kier molecular flexibility index (Phi) is 4.22. The summed E-state index contributed by atoms with van der Waals surface area (Å²) >= 11 is 6.06. The molecule has 4 nitrogen and oxygen atoms in total. The predicted molar refractivity (Wildman–Crippen MR) is 75.4 cm³/mol. The highest BCUT2D eigenvalue weighted by Crippen LogP contribution is 2.24. The second-order valence-electron chi connectivity index (χ2n) is 4.39. The Labute approximate surface area is 117 Å². The summed E-state index contributed by atoms with van der Waals surface area (Å²) in [5.74, 6) is -0.346. The average Bonchev–Trinajstić information content (AvgIpc) is 2.94. The smallest absolute Gasteiger partial charge is 0.253 e. The van der Waals surface area contributed by atoms with E-state index in [-0.39, 0.29) is 11.8 Å². The highest BCUT2D eigenvalue weighted by atomic mass is 35.5. The van der Waals surface area contributed by atoms with Crippen molar-refractivity contribution in [2.45, 2.75) is 12.8 Å². The number of benzene rings is 1. The Morgan fingerprint density at radius 1 is 1.32 bits per heavy atom. The van der Waals surface area contributed by atoms with E-state index in [1.54, 1.807) is 18.2 Å². The van der Waals surface area contributed by atoms with Crippen molar-refractivity contribution in [3.05, 3.63) is 41.4 Å². The Balaban J connectivity index is 2.15. The molecule has 2 rings (SSSR count). The van der Waals surface area contributed by atoms with Crippen LogP contribution < -0.4 is 5.32 Å². The second kappa shape index (κ2) is 5.89. The monoisotopic (exact) mass is 278 g/mol. The molecule has 100 valence electrons. The molecule has 1 heterocycles. The lowest BCUT2D eigenvalue weighted by Crippen LogP contribution is -2.27. The van der Waals surface area contributed by atoms with E-state index in [0.717, 1.165) is 25.9 Å². The maximum Gasteiger partial charge on any atom is 0.253 e. The number of nitrogens with one attached hydrogen (secondary N) is 1. The number of rotatable bonds is 3. The number of carbonyl (C=O) groups excluding carboxylic acids is 2. The molecule has 2 amide bonds. The molecule has 1 N–H and O–H groups in total. The average molecular weight is 279 g/mol. The van der Waals surface area contributed by atoms with Crippen molar-refractivity contribution in [3.63, 3.8) is 0 Å². The fourth-order valence-corrected chi connectivity index (χ4v) is 2.26. The first kappa shape index (κ1) is 13.6. The number of nitrogens with zero attached hydrogens (tertiary/aromatic N) is 1. The summed E-state index contributed by atoms with van der Waals surface area (Å²) in [5, 5.41) is 2.93. The van der Waals surface area contributed by atoms with Crippen molar-refractivity contribution in [3.8, 4) is 0 Å². The van der Waals surface area contributed by atoms with Crippen LogP contribution in [0.25, 0.3) is 0 Å². The molecule has 1 aromatic rings. The van der Waals surface area contributed by atoms with E-state index in [0.29, 0.717) is 16.3 Å². The van der Waals surface area contributed by atoms with Gasteiger partial charge in [0.2, 0.25) is 5.91 Å². The Bertz CT molecular complexity index is 522. The minimum absolute atomic E-state index is 0.0130. The Morgan fingerprint density at radius 3 is 2.58 bits per heavy atom. The second-order valence-corrected chi connectivity index (χ2v) is 4.79. The standard InChI is InChI=1S/C14H15ClN2O2/c1-2-13(18)16-12-6-5-10(9-11(12)15)14(19)17-7-3-4-8-17/h2,5-6,9H,1,3-4,7-8H2,(H,16,18). The summed E-state index contributed by atoms with van der Waals surface area (Å²) in [6.45, 7) is 4.96. The number of hydrogen-bond donors (Lipinski definition) is 1. The minimum atomic E-state index is -0.333. The number of hydrogen-bond acceptors (Lipinski definition) is 2. The summed E-state index contributed by atoms with van der Waals surface area (Å²) < 4.78 is 0. The topological polar surface area (TPSA) is 49.4 Å².